The van der Waals surface area contributed by atoms with E-state index in [1.54, 1.807) is 0 Å². The van der Waals surface area contributed by atoms with Gasteiger partial charge in [0, 0.05) is 48.2 Å². The van der Waals surface area contributed by atoms with E-state index >= 15 is 0 Å². The summed E-state index contributed by atoms with van der Waals surface area (Å²) in [5.74, 6) is 0.672. The van der Waals surface area contributed by atoms with Gasteiger partial charge in [0.25, 0.3) is 0 Å². The van der Waals surface area contributed by atoms with Crippen LogP contribution in [0.1, 0.15) is 0 Å². The van der Waals surface area contributed by atoms with Gasteiger partial charge in [-0.1, -0.05) is 109 Å². The first-order valence-corrected chi connectivity index (χ1v) is 18.2. The molecule has 1 aliphatic rings. The molecule has 0 fully saturated rings. The number of para-hydroxylation sites is 4. The molecular formula is C46H26N4OS. The first-order chi connectivity index (χ1) is 25.8. The fourth-order valence-electron chi connectivity index (χ4n) is 8.21. The fraction of sp³-hybridized carbons (Fsp3) is 0. The first kappa shape index (κ1) is 28.1. The van der Waals surface area contributed by atoms with Crippen molar-refractivity contribution in [2.75, 3.05) is 0 Å². The second-order valence-electron chi connectivity index (χ2n) is 13.4. The highest BCUT2D eigenvalue weighted by atomic mass is 32.2. The number of hydrogen-bond donors (Lipinski definition) is 0. The van der Waals surface area contributed by atoms with Crippen LogP contribution in [0.5, 0.6) is 0 Å². The summed E-state index contributed by atoms with van der Waals surface area (Å²) in [6.07, 6.45) is 0. The average Bonchev–Trinajstić information content (AvgIpc) is 3.86. The Hall–Kier alpha value is -6.63. The molecule has 5 heterocycles. The summed E-state index contributed by atoms with van der Waals surface area (Å²) >= 11 is 1.82. The van der Waals surface area contributed by atoms with E-state index in [4.69, 9.17) is 14.4 Å². The molecule has 0 amide bonds. The lowest BCUT2D eigenvalue weighted by Crippen LogP contribution is -2.06. The van der Waals surface area contributed by atoms with Gasteiger partial charge in [0.2, 0.25) is 0 Å². The molecule has 0 spiro atoms. The Morgan fingerprint density at radius 3 is 2.23 bits per heavy atom. The van der Waals surface area contributed by atoms with Gasteiger partial charge >= 0.3 is 0 Å². The molecule has 52 heavy (non-hydrogen) atoms. The monoisotopic (exact) mass is 682 g/mol. The van der Waals surface area contributed by atoms with Crippen molar-refractivity contribution in [2.45, 2.75) is 9.79 Å². The number of hydrogen-bond acceptors (Lipinski definition) is 4. The number of benzene rings is 7. The van der Waals surface area contributed by atoms with Gasteiger partial charge in [0.05, 0.1) is 16.7 Å². The lowest BCUT2D eigenvalue weighted by atomic mass is 10.0. The summed E-state index contributed by atoms with van der Waals surface area (Å²) in [5.41, 5.74) is 11.0. The molecule has 0 N–H and O–H groups in total. The number of fused-ring (bicyclic) bond motifs is 11. The standard InChI is InChI=1S/C46H26N4OS/c1-2-13-31(14-3-1)49-35-18-8-6-15-32(35)40-34-17-10-20-38-43(34)50(46(40)49)36-24-23-30(26-39(36)52-38)45-47-41(29-22-21-27-11-4-5-12-28(27)25-29)44-42(48-45)33-16-7-9-19-37(33)51-44/h1-26H. The van der Waals surface area contributed by atoms with Crippen molar-refractivity contribution in [1.29, 1.82) is 0 Å². The van der Waals surface area contributed by atoms with Crippen molar-refractivity contribution in [2.24, 2.45) is 0 Å². The smallest absolute Gasteiger partial charge is 0.180 e. The predicted octanol–water partition coefficient (Wildman–Crippen LogP) is 12.4. The first-order valence-electron chi connectivity index (χ1n) is 17.4. The van der Waals surface area contributed by atoms with Crippen molar-refractivity contribution in [3.05, 3.63) is 158 Å². The Labute approximate surface area is 301 Å². The fourth-order valence-corrected chi connectivity index (χ4v) is 9.34. The molecule has 0 atom stereocenters. The third-order valence-corrected chi connectivity index (χ3v) is 11.6. The zero-order chi connectivity index (χ0) is 33.9. The van der Waals surface area contributed by atoms with E-state index in [1.807, 2.05) is 30.0 Å². The highest BCUT2D eigenvalue weighted by Gasteiger charge is 2.28. The lowest BCUT2D eigenvalue weighted by Gasteiger charge is -2.21. The molecule has 11 aromatic rings. The Bertz CT molecular complexity index is 3280. The van der Waals surface area contributed by atoms with Crippen LogP contribution in [-0.4, -0.2) is 19.1 Å². The maximum Gasteiger partial charge on any atom is 0.180 e. The van der Waals surface area contributed by atoms with Crippen LogP contribution in [0, 0.1) is 0 Å². The topological polar surface area (TPSA) is 48.8 Å². The van der Waals surface area contributed by atoms with Crippen LogP contribution >= 0.6 is 11.8 Å². The Kier molecular flexibility index (Phi) is 5.65. The van der Waals surface area contributed by atoms with Crippen LogP contribution in [0.15, 0.2) is 172 Å². The van der Waals surface area contributed by atoms with Gasteiger partial charge in [0.1, 0.15) is 22.4 Å². The van der Waals surface area contributed by atoms with Crippen molar-refractivity contribution in [3.63, 3.8) is 0 Å². The molecule has 0 saturated carbocycles. The number of rotatable bonds is 3. The van der Waals surface area contributed by atoms with Crippen LogP contribution in [0.2, 0.25) is 0 Å². The molecule has 4 aromatic heterocycles. The van der Waals surface area contributed by atoms with Crippen molar-refractivity contribution in [3.8, 4) is 34.0 Å². The normalized spacial score (nSPS) is 12.5. The quantitative estimate of drug-likeness (QED) is 0.186. The molecule has 1 aliphatic heterocycles. The average molecular weight is 683 g/mol. The zero-order valence-corrected chi connectivity index (χ0v) is 28.4. The van der Waals surface area contributed by atoms with Crippen LogP contribution in [0.4, 0.5) is 0 Å². The third-order valence-electron chi connectivity index (χ3n) is 10.5. The van der Waals surface area contributed by atoms with Gasteiger partial charge in [-0.3, -0.25) is 9.13 Å². The number of nitrogens with zero attached hydrogens (tertiary/aromatic N) is 4. The van der Waals surface area contributed by atoms with Crippen molar-refractivity contribution < 1.29 is 4.42 Å². The Morgan fingerprint density at radius 2 is 1.31 bits per heavy atom. The Morgan fingerprint density at radius 1 is 0.538 bits per heavy atom. The third kappa shape index (κ3) is 3.84. The zero-order valence-electron chi connectivity index (χ0n) is 27.6. The molecule has 0 bridgehead atoms. The van der Waals surface area contributed by atoms with E-state index in [9.17, 15) is 0 Å². The van der Waals surface area contributed by atoms with Gasteiger partial charge in [-0.2, -0.15) is 0 Å². The second-order valence-corrected chi connectivity index (χ2v) is 14.5. The van der Waals surface area contributed by atoms with E-state index in [1.165, 1.54) is 43.1 Å². The molecule has 0 saturated heterocycles. The molecule has 7 aromatic carbocycles. The van der Waals surface area contributed by atoms with Crippen molar-refractivity contribution >= 4 is 77.4 Å². The van der Waals surface area contributed by atoms with Gasteiger partial charge in [0.15, 0.2) is 11.4 Å². The van der Waals surface area contributed by atoms with E-state index in [0.29, 0.717) is 11.4 Å². The maximum atomic E-state index is 6.47. The molecule has 12 rings (SSSR count). The van der Waals surface area contributed by atoms with Crippen LogP contribution in [0.25, 0.3) is 99.7 Å². The van der Waals surface area contributed by atoms with E-state index in [0.717, 1.165) is 55.0 Å². The van der Waals surface area contributed by atoms with E-state index < -0.39 is 0 Å². The molecular weight excluding hydrogens is 657 g/mol. The minimum absolute atomic E-state index is 0.672. The molecule has 6 heteroatoms. The summed E-state index contributed by atoms with van der Waals surface area (Å²) in [6.45, 7) is 0. The predicted molar refractivity (Wildman–Crippen MR) is 213 cm³/mol. The van der Waals surface area contributed by atoms with Crippen LogP contribution in [0.3, 0.4) is 0 Å². The van der Waals surface area contributed by atoms with Gasteiger partial charge in [-0.05, 0) is 71.4 Å². The van der Waals surface area contributed by atoms with Gasteiger partial charge < -0.3 is 4.42 Å². The Balaban J connectivity index is 1.11. The number of furan rings is 1. The molecule has 5 nitrogen and oxygen atoms in total. The summed E-state index contributed by atoms with van der Waals surface area (Å²) < 4.78 is 11.4. The minimum Gasteiger partial charge on any atom is -0.452 e. The van der Waals surface area contributed by atoms with E-state index in [2.05, 4.69) is 149 Å². The van der Waals surface area contributed by atoms with Crippen LogP contribution in [-0.2, 0) is 0 Å². The van der Waals surface area contributed by atoms with Gasteiger partial charge in [-0.15, -0.1) is 0 Å². The summed E-state index contributed by atoms with van der Waals surface area (Å²) in [4.78, 5) is 12.9. The number of aromatic nitrogens is 4. The van der Waals surface area contributed by atoms with Crippen molar-refractivity contribution in [1.82, 2.24) is 19.1 Å². The maximum absolute atomic E-state index is 6.47. The van der Waals surface area contributed by atoms with Crippen LogP contribution < -0.4 is 0 Å². The highest BCUT2D eigenvalue weighted by Crippen LogP contribution is 2.50. The lowest BCUT2D eigenvalue weighted by molar-refractivity contribution is 0.667. The van der Waals surface area contributed by atoms with E-state index in [-0.39, 0.29) is 0 Å². The molecule has 0 radical (unpaired) electrons. The largest absolute Gasteiger partial charge is 0.452 e. The SMILES string of the molecule is c1ccc(-n2c3ccccc3c3c4cccc5c4n(c32)-c2ccc(-c3nc(-c4ccc6ccccc6c4)c4oc6ccccc6c4n3)cc2S5)cc1. The highest BCUT2D eigenvalue weighted by molar-refractivity contribution is 7.99. The summed E-state index contributed by atoms with van der Waals surface area (Å²) in [6, 6.07) is 55.9. The van der Waals surface area contributed by atoms with Gasteiger partial charge in [-0.25, -0.2) is 9.97 Å². The summed E-state index contributed by atoms with van der Waals surface area (Å²) in [5, 5.41) is 7.12. The molecule has 0 unspecified atom stereocenters. The minimum atomic E-state index is 0.672. The molecule has 242 valence electrons. The second kappa shape index (κ2) is 10.4. The summed E-state index contributed by atoms with van der Waals surface area (Å²) in [7, 11) is 0. The molecule has 0 aliphatic carbocycles.